The fourth-order valence-electron chi connectivity index (χ4n) is 1.76. The number of hydrogen-bond acceptors (Lipinski definition) is 3. The van der Waals surface area contributed by atoms with E-state index < -0.39 is 0 Å². The summed E-state index contributed by atoms with van der Waals surface area (Å²) in [5.41, 5.74) is 3.04. The Morgan fingerprint density at radius 1 is 1.16 bits per heavy atom. The molecule has 0 aliphatic rings. The number of hydrogen-bond donors (Lipinski definition) is 0. The van der Waals surface area contributed by atoms with Crippen LogP contribution in [0.25, 0.3) is 0 Å². The van der Waals surface area contributed by atoms with Gasteiger partial charge in [0.15, 0.2) is 11.5 Å². The number of aromatic nitrogens is 1. The highest BCUT2D eigenvalue weighted by Gasteiger charge is 2.09. The third kappa shape index (κ3) is 3.18. The molecule has 19 heavy (non-hydrogen) atoms. The van der Waals surface area contributed by atoms with Crippen molar-refractivity contribution >= 4 is 11.6 Å². The third-order valence-electron chi connectivity index (χ3n) is 2.77. The Morgan fingerprint density at radius 2 is 1.95 bits per heavy atom. The van der Waals surface area contributed by atoms with Crippen molar-refractivity contribution < 1.29 is 9.47 Å². The lowest BCUT2D eigenvalue weighted by Crippen LogP contribution is -1.95. The van der Waals surface area contributed by atoms with Gasteiger partial charge >= 0.3 is 0 Å². The van der Waals surface area contributed by atoms with E-state index >= 15 is 0 Å². The van der Waals surface area contributed by atoms with Crippen LogP contribution in [-0.4, -0.2) is 12.1 Å². The summed E-state index contributed by atoms with van der Waals surface area (Å²) in [7, 11) is 1.62. The topological polar surface area (TPSA) is 31.4 Å². The Bertz CT molecular complexity index is 584. The zero-order valence-electron chi connectivity index (χ0n) is 11.2. The fourth-order valence-corrected chi connectivity index (χ4v) is 1.91. The Hall–Kier alpha value is -1.74. The molecular weight excluding hydrogens is 262 g/mol. The van der Waals surface area contributed by atoms with Crippen LogP contribution in [0.15, 0.2) is 30.5 Å². The van der Waals surface area contributed by atoms with Crippen LogP contribution < -0.4 is 9.47 Å². The van der Waals surface area contributed by atoms with Crippen molar-refractivity contribution in [1.82, 2.24) is 4.98 Å². The first-order chi connectivity index (χ1) is 9.13. The van der Waals surface area contributed by atoms with Crippen molar-refractivity contribution in [2.75, 3.05) is 7.11 Å². The zero-order valence-corrected chi connectivity index (χ0v) is 12.0. The van der Waals surface area contributed by atoms with Crippen molar-refractivity contribution in [3.05, 3.63) is 47.2 Å². The quantitative estimate of drug-likeness (QED) is 0.784. The van der Waals surface area contributed by atoms with E-state index in [0.29, 0.717) is 23.3 Å². The average molecular weight is 278 g/mol. The van der Waals surface area contributed by atoms with Crippen LogP contribution >= 0.6 is 11.6 Å². The van der Waals surface area contributed by atoms with Crippen LogP contribution in [0.5, 0.6) is 17.4 Å². The summed E-state index contributed by atoms with van der Waals surface area (Å²) < 4.78 is 11.1. The standard InChI is InChI=1S/C15H16ClNO2/c1-10-4-5-13(14(6-10)18-3)19-15-11(2)7-12(8-16)9-17-15/h4-7,9H,8H2,1-3H3. The van der Waals surface area contributed by atoms with Crippen molar-refractivity contribution in [1.29, 1.82) is 0 Å². The molecule has 1 aromatic heterocycles. The molecule has 0 radical (unpaired) electrons. The van der Waals surface area contributed by atoms with Gasteiger partial charge in [0.05, 0.1) is 7.11 Å². The molecule has 100 valence electrons. The Labute approximate surface area is 118 Å². The maximum atomic E-state index is 5.81. The van der Waals surface area contributed by atoms with Crippen LogP contribution in [0.4, 0.5) is 0 Å². The Kier molecular flexibility index (Phi) is 4.27. The van der Waals surface area contributed by atoms with Crippen LogP contribution in [0.3, 0.4) is 0 Å². The van der Waals surface area contributed by atoms with Gasteiger partial charge in [0, 0.05) is 17.6 Å². The van der Waals surface area contributed by atoms with E-state index in [0.717, 1.165) is 16.7 Å². The van der Waals surface area contributed by atoms with E-state index in [1.165, 1.54) is 0 Å². The van der Waals surface area contributed by atoms with Gasteiger partial charge in [0.1, 0.15) is 0 Å². The number of pyridine rings is 1. The average Bonchev–Trinajstić information content (AvgIpc) is 2.42. The number of halogens is 1. The molecule has 2 aromatic rings. The molecule has 0 N–H and O–H groups in total. The van der Waals surface area contributed by atoms with E-state index in [4.69, 9.17) is 21.1 Å². The van der Waals surface area contributed by atoms with E-state index in [-0.39, 0.29) is 0 Å². The summed E-state index contributed by atoms with van der Waals surface area (Å²) in [6.07, 6.45) is 1.72. The minimum absolute atomic E-state index is 0.446. The van der Waals surface area contributed by atoms with Crippen LogP contribution in [-0.2, 0) is 5.88 Å². The second kappa shape index (κ2) is 5.93. The molecule has 1 heterocycles. The van der Waals surface area contributed by atoms with Gasteiger partial charge in [-0.15, -0.1) is 11.6 Å². The van der Waals surface area contributed by atoms with Crippen molar-refractivity contribution in [3.8, 4) is 17.4 Å². The van der Waals surface area contributed by atoms with Crippen LogP contribution in [0.2, 0.25) is 0 Å². The summed E-state index contributed by atoms with van der Waals surface area (Å²) in [6, 6.07) is 7.75. The van der Waals surface area contributed by atoms with Gasteiger partial charge < -0.3 is 9.47 Å². The molecule has 0 aliphatic heterocycles. The lowest BCUT2D eigenvalue weighted by Gasteiger charge is -2.12. The highest BCUT2D eigenvalue weighted by molar-refractivity contribution is 6.17. The molecule has 0 saturated carbocycles. The highest BCUT2D eigenvalue weighted by Crippen LogP contribution is 2.32. The molecule has 0 bridgehead atoms. The van der Waals surface area contributed by atoms with Crippen molar-refractivity contribution in [3.63, 3.8) is 0 Å². The lowest BCUT2D eigenvalue weighted by molar-refractivity contribution is 0.373. The smallest absolute Gasteiger partial charge is 0.222 e. The molecule has 0 amide bonds. The van der Waals surface area contributed by atoms with Gasteiger partial charge in [-0.3, -0.25) is 0 Å². The van der Waals surface area contributed by atoms with Gasteiger partial charge in [0.25, 0.3) is 0 Å². The zero-order chi connectivity index (χ0) is 13.8. The number of nitrogens with zero attached hydrogens (tertiary/aromatic N) is 1. The van der Waals surface area contributed by atoms with E-state index in [1.54, 1.807) is 13.3 Å². The second-order valence-corrected chi connectivity index (χ2v) is 4.62. The molecule has 0 atom stereocenters. The summed E-state index contributed by atoms with van der Waals surface area (Å²) >= 11 is 5.78. The number of rotatable bonds is 4. The predicted molar refractivity (Wildman–Crippen MR) is 76.3 cm³/mol. The SMILES string of the molecule is COc1cc(C)ccc1Oc1ncc(CCl)cc1C. The molecule has 0 saturated heterocycles. The molecular formula is C15H16ClNO2. The number of alkyl halides is 1. The van der Waals surface area contributed by atoms with E-state index in [9.17, 15) is 0 Å². The molecule has 0 aliphatic carbocycles. The summed E-state index contributed by atoms with van der Waals surface area (Å²) in [5, 5.41) is 0. The Balaban J connectivity index is 2.31. The molecule has 1 aromatic carbocycles. The highest BCUT2D eigenvalue weighted by atomic mass is 35.5. The summed E-state index contributed by atoms with van der Waals surface area (Å²) in [5.74, 6) is 2.36. The van der Waals surface area contributed by atoms with Crippen molar-refractivity contribution in [2.24, 2.45) is 0 Å². The molecule has 0 fully saturated rings. The normalized spacial score (nSPS) is 10.3. The predicted octanol–water partition coefficient (Wildman–Crippen LogP) is 4.24. The van der Waals surface area contributed by atoms with Gasteiger partial charge in [0.2, 0.25) is 5.88 Å². The van der Waals surface area contributed by atoms with E-state index in [1.807, 2.05) is 38.1 Å². The number of aryl methyl sites for hydroxylation is 2. The van der Waals surface area contributed by atoms with Crippen LogP contribution in [0, 0.1) is 13.8 Å². The number of ether oxygens (including phenoxy) is 2. The van der Waals surface area contributed by atoms with Crippen molar-refractivity contribution in [2.45, 2.75) is 19.7 Å². The van der Waals surface area contributed by atoms with Crippen LogP contribution in [0.1, 0.15) is 16.7 Å². The maximum Gasteiger partial charge on any atom is 0.222 e. The number of methoxy groups -OCH3 is 1. The van der Waals surface area contributed by atoms with Gasteiger partial charge in [-0.2, -0.15) is 0 Å². The van der Waals surface area contributed by atoms with E-state index in [2.05, 4.69) is 4.98 Å². The first kappa shape index (κ1) is 13.7. The first-order valence-electron chi connectivity index (χ1n) is 5.98. The maximum absolute atomic E-state index is 5.81. The minimum atomic E-state index is 0.446. The van der Waals surface area contributed by atoms with Gasteiger partial charge in [-0.25, -0.2) is 4.98 Å². The molecule has 2 rings (SSSR count). The molecule has 4 heteroatoms. The molecule has 3 nitrogen and oxygen atoms in total. The van der Waals surface area contributed by atoms with Gasteiger partial charge in [-0.1, -0.05) is 6.07 Å². The molecule has 0 unspecified atom stereocenters. The summed E-state index contributed by atoms with van der Waals surface area (Å²) in [4.78, 5) is 4.28. The molecule has 0 spiro atoms. The summed E-state index contributed by atoms with van der Waals surface area (Å²) in [6.45, 7) is 3.95. The first-order valence-corrected chi connectivity index (χ1v) is 6.51. The Morgan fingerprint density at radius 3 is 2.58 bits per heavy atom. The largest absolute Gasteiger partial charge is 0.493 e. The fraction of sp³-hybridized carbons (Fsp3) is 0.267. The second-order valence-electron chi connectivity index (χ2n) is 4.36. The monoisotopic (exact) mass is 277 g/mol. The number of benzene rings is 1. The lowest BCUT2D eigenvalue weighted by atomic mass is 10.2. The third-order valence-corrected chi connectivity index (χ3v) is 3.08. The van der Waals surface area contributed by atoms with Gasteiger partial charge in [-0.05, 0) is 43.2 Å². The minimum Gasteiger partial charge on any atom is -0.493 e.